The zero-order valence-electron chi connectivity index (χ0n) is 9.51. The summed E-state index contributed by atoms with van der Waals surface area (Å²) in [7, 11) is 0. The van der Waals surface area contributed by atoms with E-state index < -0.39 is 5.69 Å². The molecule has 0 aliphatic rings. The molecule has 0 unspecified atom stereocenters. The lowest BCUT2D eigenvalue weighted by Crippen LogP contribution is -2.33. The fraction of sp³-hybridized carbons (Fsp3) is 0.0833. The summed E-state index contributed by atoms with van der Waals surface area (Å²) in [6.07, 6.45) is 1.52. The van der Waals surface area contributed by atoms with Crippen LogP contribution in [0.4, 0.5) is 0 Å². The molecule has 3 rings (SSSR count). The number of aromatic amines is 1. The van der Waals surface area contributed by atoms with Gasteiger partial charge in [0.2, 0.25) is 0 Å². The molecule has 1 N–H and O–H groups in total. The predicted molar refractivity (Wildman–Crippen MR) is 70.6 cm³/mol. The maximum absolute atomic E-state index is 12.2. The maximum atomic E-state index is 12.2. The van der Waals surface area contributed by atoms with E-state index in [-0.39, 0.29) is 5.56 Å². The Morgan fingerprint density at radius 1 is 1.28 bits per heavy atom. The average Bonchev–Trinajstić information content (AvgIpc) is 2.80. The molecule has 0 fully saturated rings. The van der Waals surface area contributed by atoms with Crippen molar-refractivity contribution in [1.29, 1.82) is 0 Å². The molecule has 18 heavy (non-hydrogen) atoms. The van der Waals surface area contributed by atoms with Crippen LogP contribution in [-0.2, 0) is 0 Å². The fourth-order valence-corrected chi connectivity index (χ4v) is 2.54. The summed E-state index contributed by atoms with van der Waals surface area (Å²) in [4.78, 5) is 30.9. The Kier molecular flexibility index (Phi) is 2.38. The van der Waals surface area contributed by atoms with Crippen LogP contribution in [0.15, 0.2) is 39.4 Å². The van der Waals surface area contributed by atoms with Gasteiger partial charge in [0.05, 0.1) is 17.4 Å². The molecule has 3 heterocycles. The normalized spacial score (nSPS) is 10.9. The lowest BCUT2D eigenvalue weighted by molar-refractivity contribution is 0.895. The van der Waals surface area contributed by atoms with Crippen molar-refractivity contribution >= 4 is 21.6 Å². The fourth-order valence-electron chi connectivity index (χ4n) is 1.76. The maximum Gasteiger partial charge on any atom is 0.333 e. The van der Waals surface area contributed by atoms with Crippen molar-refractivity contribution in [1.82, 2.24) is 14.5 Å². The van der Waals surface area contributed by atoms with E-state index in [1.165, 1.54) is 17.5 Å². The first-order valence-corrected chi connectivity index (χ1v) is 6.20. The summed E-state index contributed by atoms with van der Waals surface area (Å²) < 4.78 is 1.64. The molecule has 0 saturated heterocycles. The molecule has 6 heteroatoms. The van der Waals surface area contributed by atoms with Gasteiger partial charge >= 0.3 is 5.69 Å². The molecular formula is C12H9N3O2S. The SMILES string of the molecule is Cc1ccc(-n2c(=O)[nH]c3ccsc3c2=O)cn1. The van der Waals surface area contributed by atoms with Gasteiger partial charge in [-0.15, -0.1) is 11.3 Å². The van der Waals surface area contributed by atoms with Crippen LogP contribution < -0.4 is 11.2 Å². The van der Waals surface area contributed by atoms with Crippen LogP contribution in [0.2, 0.25) is 0 Å². The molecular weight excluding hydrogens is 250 g/mol. The highest BCUT2D eigenvalue weighted by molar-refractivity contribution is 7.17. The number of H-pyrrole nitrogens is 1. The molecule has 0 aliphatic heterocycles. The Labute approximate surface area is 105 Å². The summed E-state index contributed by atoms with van der Waals surface area (Å²) in [6, 6.07) is 5.19. The summed E-state index contributed by atoms with van der Waals surface area (Å²) in [5.74, 6) is 0. The van der Waals surface area contributed by atoms with Gasteiger partial charge in [-0.1, -0.05) is 0 Å². The third-order valence-electron chi connectivity index (χ3n) is 2.66. The van der Waals surface area contributed by atoms with Crippen LogP contribution >= 0.6 is 11.3 Å². The van der Waals surface area contributed by atoms with Gasteiger partial charge in [-0.25, -0.2) is 9.36 Å². The Morgan fingerprint density at radius 2 is 2.11 bits per heavy atom. The van der Waals surface area contributed by atoms with Gasteiger partial charge in [0.25, 0.3) is 5.56 Å². The van der Waals surface area contributed by atoms with Crippen LogP contribution in [0, 0.1) is 6.92 Å². The molecule has 0 atom stereocenters. The van der Waals surface area contributed by atoms with Crippen molar-refractivity contribution in [3.63, 3.8) is 0 Å². The highest BCUT2D eigenvalue weighted by Crippen LogP contribution is 2.13. The molecule has 0 amide bonds. The van der Waals surface area contributed by atoms with Gasteiger partial charge in [0.15, 0.2) is 0 Å². The molecule has 0 spiro atoms. The first-order chi connectivity index (χ1) is 8.66. The van der Waals surface area contributed by atoms with Crippen molar-refractivity contribution < 1.29 is 0 Å². The monoisotopic (exact) mass is 259 g/mol. The number of nitrogens with zero attached hydrogens (tertiary/aromatic N) is 2. The van der Waals surface area contributed by atoms with Crippen molar-refractivity contribution in [3.8, 4) is 5.69 Å². The van der Waals surface area contributed by atoms with Crippen molar-refractivity contribution in [2.75, 3.05) is 0 Å². The third-order valence-corrected chi connectivity index (χ3v) is 3.56. The van der Waals surface area contributed by atoms with Crippen molar-refractivity contribution in [3.05, 3.63) is 56.3 Å². The van der Waals surface area contributed by atoms with Gasteiger partial charge in [-0.2, -0.15) is 0 Å². The Bertz CT molecular complexity index is 827. The second-order valence-electron chi connectivity index (χ2n) is 3.89. The molecule has 3 aromatic rings. The van der Waals surface area contributed by atoms with Gasteiger partial charge in [-0.3, -0.25) is 9.78 Å². The van der Waals surface area contributed by atoms with E-state index >= 15 is 0 Å². The van der Waals surface area contributed by atoms with E-state index in [1.807, 2.05) is 6.92 Å². The van der Waals surface area contributed by atoms with Crippen LogP contribution in [0.1, 0.15) is 5.69 Å². The van der Waals surface area contributed by atoms with Crippen LogP contribution in [0.3, 0.4) is 0 Å². The number of rotatable bonds is 1. The lowest BCUT2D eigenvalue weighted by atomic mass is 10.3. The Hall–Kier alpha value is -2.21. The van der Waals surface area contributed by atoms with Crippen molar-refractivity contribution in [2.24, 2.45) is 0 Å². The predicted octanol–water partition coefficient (Wildman–Crippen LogP) is 1.44. The number of aryl methyl sites for hydroxylation is 1. The summed E-state index contributed by atoms with van der Waals surface area (Å²) >= 11 is 1.31. The van der Waals surface area contributed by atoms with Crippen LogP contribution in [0.25, 0.3) is 15.9 Å². The van der Waals surface area contributed by atoms with E-state index in [4.69, 9.17) is 0 Å². The first kappa shape index (κ1) is 10.9. The lowest BCUT2D eigenvalue weighted by Gasteiger charge is -2.04. The number of nitrogens with one attached hydrogen (secondary N) is 1. The minimum Gasteiger partial charge on any atom is -0.306 e. The van der Waals surface area contributed by atoms with Gasteiger partial charge in [0, 0.05) is 5.69 Å². The highest BCUT2D eigenvalue weighted by atomic mass is 32.1. The molecule has 0 bridgehead atoms. The molecule has 0 aromatic carbocycles. The van der Waals surface area contributed by atoms with E-state index in [2.05, 4.69) is 9.97 Å². The number of hydrogen-bond acceptors (Lipinski definition) is 4. The second kappa shape index (κ2) is 3.92. The van der Waals surface area contributed by atoms with E-state index in [0.717, 1.165) is 10.3 Å². The molecule has 0 aliphatic carbocycles. The van der Waals surface area contributed by atoms with Gasteiger partial charge in [0.1, 0.15) is 4.70 Å². The zero-order valence-corrected chi connectivity index (χ0v) is 10.3. The summed E-state index contributed by atoms with van der Waals surface area (Å²) in [5.41, 5.74) is 1.12. The van der Waals surface area contributed by atoms with E-state index in [1.54, 1.807) is 23.6 Å². The largest absolute Gasteiger partial charge is 0.333 e. The minimum absolute atomic E-state index is 0.311. The highest BCUT2D eigenvalue weighted by Gasteiger charge is 2.10. The number of hydrogen-bond donors (Lipinski definition) is 1. The average molecular weight is 259 g/mol. The minimum atomic E-state index is -0.448. The van der Waals surface area contributed by atoms with Crippen molar-refractivity contribution in [2.45, 2.75) is 6.92 Å². The Balaban J connectivity index is 2.38. The molecule has 0 saturated carbocycles. The smallest absolute Gasteiger partial charge is 0.306 e. The molecule has 5 nitrogen and oxygen atoms in total. The molecule has 3 aromatic heterocycles. The van der Waals surface area contributed by atoms with E-state index in [9.17, 15) is 9.59 Å². The summed E-state index contributed by atoms with van der Waals surface area (Å²) in [6.45, 7) is 1.85. The number of thiophene rings is 1. The number of aromatic nitrogens is 3. The Morgan fingerprint density at radius 3 is 2.83 bits per heavy atom. The van der Waals surface area contributed by atoms with Crippen LogP contribution in [0.5, 0.6) is 0 Å². The topological polar surface area (TPSA) is 67.8 Å². The second-order valence-corrected chi connectivity index (χ2v) is 4.81. The number of fused-ring (bicyclic) bond motifs is 1. The van der Waals surface area contributed by atoms with E-state index in [0.29, 0.717) is 15.9 Å². The third kappa shape index (κ3) is 1.58. The summed E-state index contributed by atoms with van der Waals surface area (Å²) in [5, 5.41) is 1.78. The standard InChI is InChI=1S/C12H9N3O2S/c1-7-2-3-8(6-13-7)15-11(16)10-9(4-5-18-10)14-12(15)17/h2-6H,1H3,(H,14,17). The van der Waals surface area contributed by atoms with Gasteiger partial charge < -0.3 is 4.98 Å². The molecule has 0 radical (unpaired) electrons. The first-order valence-electron chi connectivity index (χ1n) is 5.32. The quantitative estimate of drug-likeness (QED) is 0.719. The zero-order chi connectivity index (χ0) is 12.7. The molecule has 90 valence electrons. The van der Waals surface area contributed by atoms with Gasteiger partial charge in [-0.05, 0) is 30.5 Å². The number of pyridine rings is 1. The van der Waals surface area contributed by atoms with Crippen LogP contribution in [-0.4, -0.2) is 14.5 Å².